The Balaban J connectivity index is 1.84. The molecule has 1 heterocycles. The van der Waals surface area contributed by atoms with E-state index in [0.717, 1.165) is 0 Å². The number of rotatable bonds is 5. The molecule has 3 aromatic rings. The molecule has 0 unspecified atom stereocenters. The number of benzene rings is 2. The van der Waals surface area contributed by atoms with Gasteiger partial charge in [-0.25, -0.2) is 0 Å². The lowest BCUT2D eigenvalue weighted by Gasteiger charge is -2.19. The van der Waals surface area contributed by atoms with Crippen molar-refractivity contribution in [2.75, 3.05) is 0 Å². The van der Waals surface area contributed by atoms with Crippen molar-refractivity contribution in [3.63, 3.8) is 0 Å². The third kappa shape index (κ3) is 2.89. The van der Waals surface area contributed by atoms with Gasteiger partial charge in [-0.1, -0.05) is 65.9 Å². The van der Waals surface area contributed by atoms with Gasteiger partial charge in [0.1, 0.15) is 0 Å². The van der Waals surface area contributed by atoms with Crippen LogP contribution >= 0.6 is 0 Å². The maximum absolute atomic E-state index is 3.97. The Labute approximate surface area is 117 Å². The van der Waals surface area contributed by atoms with E-state index in [9.17, 15) is 0 Å². The summed E-state index contributed by atoms with van der Waals surface area (Å²) in [5.74, 6) is 0.655. The molecule has 5 heteroatoms. The Kier molecular flexibility index (Phi) is 3.80. The van der Waals surface area contributed by atoms with Gasteiger partial charge in [0.15, 0.2) is 5.82 Å². The fourth-order valence-corrected chi connectivity index (χ4v) is 2.17. The minimum atomic E-state index is 0.107. The Hall–Kier alpha value is -2.53. The van der Waals surface area contributed by atoms with Crippen LogP contribution in [0.15, 0.2) is 60.7 Å². The molecule has 20 heavy (non-hydrogen) atoms. The van der Waals surface area contributed by atoms with E-state index < -0.39 is 0 Å². The second kappa shape index (κ2) is 6.08. The van der Waals surface area contributed by atoms with Crippen molar-refractivity contribution in [3.8, 4) is 0 Å². The first-order chi connectivity index (χ1) is 9.93. The fraction of sp³-hybridized carbons (Fsp3) is 0.133. The first-order valence-corrected chi connectivity index (χ1v) is 6.49. The van der Waals surface area contributed by atoms with E-state index in [4.69, 9.17) is 0 Å². The second-order valence-electron chi connectivity index (χ2n) is 4.46. The second-order valence-corrected chi connectivity index (χ2v) is 4.46. The summed E-state index contributed by atoms with van der Waals surface area (Å²) in [6.45, 7) is 0.560. The van der Waals surface area contributed by atoms with Gasteiger partial charge in [0, 0.05) is 0 Å². The Morgan fingerprint density at radius 3 is 2.00 bits per heavy atom. The molecule has 0 bridgehead atoms. The van der Waals surface area contributed by atoms with Crippen molar-refractivity contribution >= 4 is 0 Å². The van der Waals surface area contributed by atoms with Crippen LogP contribution in [0.25, 0.3) is 0 Å². The minimum absolute atomic E-state index is 0.107. The van der Waals surface area contributed by atoms with Crippen molar-refractivity contribution in [2.45, 2.75) is 12.6 Å². The van der Waals surface area contributed by atoms with Crippen LogP contribution in [-0.4, -0.2) is 20.6 Å². The van der Waals surface area contributed by atoms with Gasteiger partial charge >= 0.3 is 0 Å². The summed E-state index contributed by atoms with van der Waals surface area (Å²) in [6, 6.07) is 20.8. The lowest BCUT2D eigenvalue weighted by molar-refractivity contribution is 0.587. The largest absolute Gasteiger partial charge is 0.299 e. The zero-order chi connectivity index (χ0) is 13.6. The molecule has 0 atom stereocenters. The van der Waals surface area contributed by atoms with E-state index in [1.807, 2.05) is 36.4 Å². The van der Waals surface area contributed by atoms with Gasteiger partial charge in [-0.15, -0.1) is 10.2 Å². The molecule has 0 amide bonds. The number of H-pyrrole nitrogens is 1. The third-order valence-corrected chi connectivity index (χ3v) is 3.12. The summed E-state index contributed by atoms with van der Waals surface area (Å²) in [4.78, 5) is 0. The van der Waals surface area contributed by atoms with Crippen LogP contribution in [0.3, 0.4) is 0 Å². The van der Waals surface area contributed by atoms with E-state index in [1.54, 1.807) is 0 Å². The van der Waals surface area contributed by atoms with Crippen LogP contribution in [-0.2, 0) is 6.54 Å². The van der Waals surface area contributed by atoms with Crippen molar-refractivity contribution in [2.24, 2.45) is 0 Å². The summed E-state index contributed by atoms with van der Waals surface area (Å²) in [7, 11) is 0. The quantitative estimate of drug-likeness (QED) is 0.741. The van der Waals surface area contributed by atoms with Crippen LogP contribution in [0, 0.1) is 0 Å². The molecular weight excluding hydrogens is 250 g/mol. The highest BCUT2D eigenvalue weighted by Gasteiger charge is 2.13. The summed E-state index contributed by atoms with van der Waals surface area (Å²) in [6.07, 6.45) is 0. The fourth-order valence-electron chi connectivity index (χ4n) is 2.17. The van der Waals surface area contributed by atoms with Crippen LogP contribution in [0.5, 0.6) is 0 Å². The molecule has 5 nitrogen and oxygen atoms in total. The molecule has 0 radical (unpaired) electrons. The van der Waals surface area contributed by atoms with E-state index in [-0.39, 0.29) is 6.04 Å². The van der Waals surface area contributed by atoms with Gasteiger partial charge in [0.05, 0.1) is 12.6 Å². The number of aromatic nitrogens is 4. The zero-order valence-corrected chi connectivity index (χ0v) is 10.9. The number of nitrogens with one attached hydrogen (secondary N) is 2. The van der Waals surface area contributed by atoms with Crippen molar-refractivity contribution in [1.29, 1.82) is 0 Å². The molecule has 0 fully saturated rings. The van der Waals surface area contributed by atoms with Gasteiger partial charge in [-0.3, -0.25) is 5.32 Å². The van der Waals surface area contributed by atoms with E-state index >= 15 is 0 Å². The van der Waals surface area contributed by atoms with Crippen LogP contribution in [0.2, 0.25) is 0 Å². The number of nitrogens with zero attached hydrogens (tertiary/aromatic N) is 3. The molecule has 0 saturated carbocycles. The minimum Gasteiger partial charge on any atom is -0.299 e. The summed E-state index contributed by atoms with van der Waals surface area (Å²) in [5.41, 5.74) is 2.42. The monoisotopic (exact) mass is 265 g/mol. The Morgan fingerprint density at radius 1 is 0.900 bits per heavy atom. The predicted molar refractivity (Wildman–Crippen MR) is 75.7 cm³/mol. The molecule has 2 aromatic carbocycles. The molecule has 0 aliphatic carbocycles. The first-order valence-electron chi connectivity index (χ1n) is 6.49. The van der Waals surface area contributed by atoms with Crippen LogP contribution < -0.4 is 5.32 Å². The molecular formula is C15H15N5. The number of aromatic amines is 1. The SMILES string of the molecule is c1ccc(C(NCc2nn[nH]n2)c2ccccc2)cc1. The van der Waals surface area contributed by atoms with E-state index in [2.05, 4.69) is 50.2 Å². The van der Waals surface area contributed by atoms with E-state index in [1.165, 1.54) is 11.1 Å². The summed E-state index contributed by atoms with van der Waals surface area (Å²) >= 11 is 0. The molecule has 1 aromatic heterocycles. The molecule has 2 N–H and O–H groups in total. The highest BCUT2D eigenvalue weighted by Crippen LogP contribution is 2.21. The zero-order valence-electron chi connectivity index (χ0n) is 10.9. The maximum Gasteiger partial charge on any atom is 0.188 e. The van der Waals surface area contributed by atoms with Crippen LogP contribution in [0.1, 0.15) is 23.0 Å². The first kappa shape index (κ1) is 12.5. The topological polar surface area (TPSA) is 66.5 Å². The van der Waals surface area contributed by atoms with Crippen molar-refractivity contribution < 1.29 is 0 Å². The van der Waals surface area contributed by atoms with E-state index in [0.29, 0.717) is 12.4 Å². The molecule has 0 saturated heterocycles. The molecule has 0 spiro atoms. The average Bonchev–Trinajstić information content (AvgIpc) is 3.03. The maximum atomic E-state index is 3.97. The number of hydrogen-bond acceptors (Lipinski definition) is 4. The Morgan fingerprint density at radius 2 is 1.50 bits per heavy atom. The summed E-state index contributed by atoms with van der Waals surface area (Å²) < 4.78 is 0. The van der Waals surface area contributed by atoms with Gasteiger partial charge in [-0.05, 0) is 11.1 Å². The summed E-state index contributed by atoms with van der Waals surface area (Å²) in [5, 5.41) is 17.4. The lowest BCUT2D eigenvalue weighted by Crippen LogP contribution is -2.22. The third-order valence-electron chi connectivity index (χ3n) is 3.12. The predicted octanol–water partition coefficient (Wildman–Crippen LogP) is 2.08. The van der Waals surface area contributed by atoms with Crippen molar-refractivity contribution in [3.05, 3.63) is 77.6 Å². The van der Waals surface area contributed by atoms with Gasteiger partial charge < -0.3 is 0 Å². The average molecular weight is 265 g/mol. The molecule has 0 aliphatic rings. The standard InChI is InChI=1S/C15H15N5/c1-3-7-12(8-4-1)15(13-9-5-2-6-10-13)16-11-14-17-19-20-18-14/h1-10,15-16H,11H2,(H,17,18,19,20). The number of hydrogen-bond donors (Lipinski definition) is 2. The lowest BCUT2D eigenvalue weighted by atomic mass is 9.99. The smallest absolute Gasteiger partial charge is 0.188 e. The molecule has 0 aliphatic heterocycles. The number of tetrazole rings is 1. The van der Waals surface area contributed by atoms with Gasteiger partial charge in [-0.2, -0.15) is 5.21 Å². The van der Waals surface area contributed by atoms with Gasteiger partial charge in [0.2, 0.25) is 0 Å². The van der Waals surface area contributed by atoms with Crippen molar-refractivity contribution in [1.82, 2.24) is 25.9 Å². The molecule has 100 valence electrons. The normalized spacial score (nSPS) is 10.8. The highest BCUT2D eigenvalue weighted by molar-refractivity contribution is 5.31. The highest BCUT2D eigenvalue weighted by atomic mass is 15.5. The van der Waals surface area contributed by atoms with Gasteiger partial charge in [0.25, 0.3) is 0 Å². The molecule has 3 rings (SSSR count). The Bertz CT molecular complexity index is 582. The van der Waals surface area contributed by atoms with Crippen LogP contribution in [0.4, 0.5) is 0 Å².